The number of hydrogen-bond acceptors (Lipinski definition) is 5. The topological polar surface area (TPSA) is 78.6 Å². The molecular weight excluding hydrogens is 290 g/mol. The Morgan fingerprint density at radius 3 is 2.38 bits per heavy atom. The van der Waals surface area contributed by atoms with Crippen molar-refractivity contribution >= 4 is 9.84 Å². The van der Waals surface area contributed by atoms with E-state index in [1.165, 1.54) is 0 Å². The molecule has 1 atom stereocenters. The molecule has 2 N–H and O–H groups in total. The van der Waals surface area contributed by atoms with Crippen molar-refractivity contribution in [3.8, 4) is 11.5 Å². The summed E-state index contributed by atoms with van der Waals surface area (Å²) in [6.45, 7) is 5.38. The summed E-state index contributed by atoms with van der Waals surface area (Å²) < 4.78 is 34.3. The third-order valence-electron chi connectivity index (χ3n) is 3.13. The van der Waals surface area contributed by atoms with Crippen molar-refractivity contribution in [3.63, 3.8) is 0 Å². The summed E-state index contributed by atoms with van der Waals surface area (Å²) in [7, 11) is -1.54. The zero-order valence-electron chi connectivity index (χ0n) is 13.1. The number of methoxy groups -OCH3 is 1. The first-order valence-electron chi connectivity index (χ1n) is 7.03. The molecular formula is C15H25NO4S. The minimum atomic E-state index is -3.09. The summed E-state index contributed by atoms with van der Waals surface area (Å²) in [5, 5.41) is -0.392. The van der Waals surface area contributed by atoms with Gasteiger partial charge in [-0.15, -0.1) is 0 Å². The molecule has 120 valence electrons. The zero-order chi connectivity index (χ0) is 16.0. The number of sulfone groups is 1. The van der Waals surface area contributed by atoms with Crippen LogP contribution in [0.15, 0.2) is 18.2 Å². The largest absolute Gasteiger partial charge is 0.493 e. The Morgan fingerprint density at radius 2 is 1.86 bits per heavy atom. The van der Waals surface area contributed by atoms with Crippen LogP contribution in [0, 0.1) is 0 Å². The lowest BCUT2D eigenvalue weighted by atomic mass is 10.1. The van der Waals surface area contributed by atoms with Crippen molar-refractivity contribution in [1.82, 2.24) is 0 Å². The molecule has 0 amide bonds. The first-order chi connectivity index (χ1) is 9.76. The lowest BCUT2D eigenvalue weighted by Crippen LogP contribution is -2.22. The molecule has 0 fully saturated rings. The van der Waals surface area contributed by atoms with Gasteiger partial charge in [0.15, 0.2) is 21.3 Å². The predicted octanol–water partition coefficient (Wildman–Crippen LogP) is 1.79. The van der Waals surface area contributed by atoms with E-state index in [1.807, 2.05) is 19.1 Å². The highest BCUT2D eigenvalue weighted by atomic mass is 32.2. The highest BCUT2D eigenvalue weighted by Gasteiger charge is 2.16. The van der Waals surface area contributed by atoms with E-state index < -0.39 is 15.1 Å². The third kappa shape index (κ3) is 5.55. The summed E-state index contributed by atoms with van der Waals surface area (Å²) >= 11 is 0. The quantitative estimate of drug-likeness (QED) is 0.791. The van der Waals surface area contributed by atoms with E-state index in [9.17, 15) is 8.42 Å². The molecule has 0 saturated heterocycles. The molecule has 1 rings (SSSR count). The van der Waals surface area contributed by atoms with Crippen LogP contribution in [0.3, 0.4) is 0 Å². The normalized spacial score (nSPS) is 13.2. The summed E-state index contributed by atoms with van der Waals surface area (Å²) in [5.74, 6) is 1.13. The number of hydrogen-bond donors (Lipinski definition) is 1. The van der Waals surface area contributed by atoms with Gasteiger partial charge >= 0.3 is 0 Å². The van der Waals surface area contributed by atoms with Crippen molar-refractivity contribution in [3.05, 3.63) is 23.8 Å². The predicted molar refractivity (Wildman–Crippen MR) is 84.8 cm³/mol. The van der Waals surface area contributed by atoms with Gasteiger partial charge in [-0.1, -0.05) is 6.07 Å². The highest BCUT2D eigenvalue weighted by Crippen LogP contribution is 2.28. The van der Waals surface area contributed by atoms with Crippen molar-refractivity contribution in [1.29, 1.82) is 0 Å². The van der Waals surface area contributed by atoms with Gasteiger partial charge in [-0.25, -0.2) is 8.42 Å². The molecule has 6 heteroatoms. The van der Waals surface area contributed by atoms with Crippen LogP contribution >= 0.6 is 0 Å². The summed E-state index contributed by atoms with van der Waals surface area (Å²) in [6, 6.07) is 5.64. The van der Waals surface area contributed by atoms with Crippen LogP contribution in [-0.2, 0) is 16.3 Å². The molecule has 0 bridgehead atoms. The lowest BCUT2D eigenvalue weighted by Gasteiger charge is -2.14. The van der Waals surface area contributed by atoms with Crippen LogP contribution in [0.25, 0.3) is 0 Å². The monoisotopic (exact) mass is 315 g/mol. The zero-order valence-corrected chi connectivity index (χ0v) is 13.9. The Morgan fingerprint density at radius 1 is 1.19 bits per heavy atom. The van der Waals surface area contributed by atoms with E-state index in [0.29, 0.717) is 11.5 Å². The Kier molecular flexibility index (Phi) is 6.48. The van der Waals surface area contributed by atoms with E-state index in [0.717, 1.165) is 12.0 Å². The number of nitrogens with two attached hydrogens (primary N) is 1. The Balaban J connectivity index is 2.71. The lowest BCUT2D eigenvalue weighted by molar-refractivity contribution is 0.311. The maximum atomic E-state index is 11.7. The second-order valence-electron chi connectivity index (χ2n) is 5.43. The van der Waals surface area contributed by atoms with E-state index in [-0.39, 0.29) is 18.4 Å². The van der Waals surface area contributed by atoms with Gasteiger partial charge in [0.05, 0.1) is 18.1 Å². The van der Waals surface area contributed by atoms with Gasteiger partial charge in [0.2, 0.25) is 0 Å². The van der Waals surface area contributed by atoms with Gasteiger partial charge < -0.3 is 15.2 Å². The van der Waals surface area contributed by atoms with Crippen molar-refractivity contribution < 1.29 is 17.9 Å². The standard InChI is InChI=1S/C15H25NO4S/c1-11(2)21(17,18)8-7-20-14-6-5-13(9-12(3)16)10-15(14)19-4/h5-6,10-12H,7-9,16H2,1-4H3. The van der Waals surface area contributed by atoms with Crippen LogP contribution in [0.5, 0.6) is 11.5 Å². The smallest absolute Gasteiger partial charge is 0.161 e. The Bertz CT molecular complexity index is 553. The van der Waals surface area contributed by atoms with Crippen LogP contribution in [0.2, 0.25) is 0 Å². The molecule has 5 nitrogen and oxygen atoms in total. The van der Waals surface area contributed by atoms with Crippen LogP contribution in [-0.4, -0.2) is 39.2 Å². The van der Waals surface area contributed by atoms with E-state index in [1.54, 1.807) is 27.0 Å². The summed E-state index contributed by atoms with van der Waals surface area (Å²) in [5.41, 5.74) is 6.83. The highest BCUT2D eigenvalue weighted by molar-refractivity contribution is 7.91. The minimum Gasteiger partial charge on any atom is -0.493 e. The molecule has 21 heavy (non-hydrogen) atoms. The fourth-order valence-corrected chi connectivity index (χ4v) is 2.62. The van der Waals surface area contributed by atoms with Gasteiger partial charge in [0.1, 0.15) is 6.61 Å². The second kappa shape index (κ2) is 7.66. The van der Waals surface area contributed by atoms with Crippen LogP contribution in [0.1, 0.15) is 26.3 Å². The van der Waals surface area contributed by atoms with Crippen LogP contribution in [0.4, 0.5) is 0 Å². The molecule has 0 aliphatic carbocycles. The van der Waals surface area contributed by atoms with E-state index in [4.69, 9.17) is 15.2 Å². The van der Waals surface area contributed by atoms with Gasteiger partial charge in [0, 0.05) is 6.04 Å². The van der Waals surface area contributed by atoms with Crippen molar-refractivity contribution in [2.75, 3.05) is 19.5 Å². The molecule has 0 aliphatic heterocycles. The maximum absolute atomic E-state index is 11.7. The molecule has 0 spiro atoms. The fourth-order valence-electron chi connectivity index (χ4n) is 1.83. The van der Waals surface area contributed by atoms with E-state index >= 15 is 0 Å². The first kappa shape index (κ1) is 17.8. The number of benzene rings is 1. The summed E-state index contributed by atoms with van der Waals surface area (Å²) in [6.07, 6.45) is 0.748. The number of rotatable bonds is 8. The molecule has 0 heterocycles. The molecule has 0 radical (unpaired) electrons. The third-order valence-corrected chi connectivity index (χ3v) is 5.30. The first-order valence-corrected chi connectivity index (χ1v) is 8.74. The molecule has 0 aliphatic rings. The average Bonchev–Trinajstić information content (AvgIpc) is 2.39. The molecule has 1 aromatic rings. The van der Waals surface area contributed by atoms with Crippen molar-refractivity contribution in [2.24, 2.45) is 5.73 Å². The van der Waals surface area contributed by atoms with Crippen molar-refractivity contribution in [2.45, 2.75) is 38.5 Å². The molecule has 1 unspecified atom stereocenters. The Labute approximate surface area is 127 Å². The average molecular weight is 315 g/mol. The molecule has 0 aromatic heterocycles. The summed E-state index contributed by atoms with van der Waals surface area (Å²) in [4.78, 5) is 0. The van der Waals surface area contributed by atoms with Gasteiger partial charge in [-0.2, -0.15) is 0 Å². The fraction of sp³-hybridized carbons (Fsp3) is 0.600. The molecule has 0 saturated carbocycles. The Hall–Kier alpha value is -1.27. The minimum absolute atomic E-state index is 0.00456. The maximum Gasteiger partial charge on any atom is 0.161 e. The van der Waals surface area contributed by atoms with Gasteiger partial charge in [0.25, 0.3) is 0 Å². The van der Waals surface area contributed by atoms with Gasteiger partial charge in [-0.3, -0.25) is 0 Å². The van der Waals surface area contributed by atoms with Crippen LogP contribution < -0.4 is 15.2 Å². The molecule has 1 aromatic carbocycles. The SMILES string of the molecule is COc1cc(CC(C)N)ccc1OCCS(=O)(=O)C(C)C. The van der Waals surface area contributed by atoms with Gasteiger partial charge in [-0.05, 0) is 44.9 Å². The number of ether oxygens (including phenoxy) is 2. The van der Waals surface area contributed by atoms with E-state index in [2.05, 4.69) is 0 Å². The second-order valence-corrected chi connectivity index (χ2v) is 8.11.